The highest BCUT2D eigenvalue weighted by atomic mass is 16.5. The molecule has 2 aromatic carbocycles. The zero-order valence-electron chi connectivity index (χ0n) is 12.1. The van der Waals surface area contributed by atoms with E-state index in [4.69, 9.17) is 13.9 Å². The third-order valence-electron chi connectivity index (χ3n) is 3.33. The Kier molecular flexibility index (Phi) is 3.47. The van der Waals surface area contributed by atoms with Crippen LogP contribution in [0.4, 0.5) is 0 Å². The van der Waals surface area contributed by atoms with Crippen molar-refractivity contribution in [2.45, 2.75) is 6.92 Å². The SMILES string of the molecule is COc1cccc(Oc2ccc3oc(C)c(C(=O)O)c3c2)c1. The summed E-state index contributed by atoms with van der Waals surface area (Å²) in [6, 6.07) is 12.3. The van der Waals surface area contributed by atoms with Crippen LogP contribution < -0.4 is 9.47 Å². The maximum Gasteiger partial charge on any atom is 0.339 e. The van der Waals surface area contributed by atoms with Crippen LogP contribution in [-0.2, 0) is 0 Å². The third kappa shape index (κ3) is 2.48. The van der Waals surface area contributed by atoms with Gasteiger partial charge in [0.2, 0.25) is 0 Å². The average Bonchev–Trinajstić information content (AvgIpc) is 2.82. The number of aryl methyl sites for hydroxylation is 1. The van der Waals surface area contributed by atoms with Crippen molar-refractivity contribution in [1.82, 2.24) is 0 Å². The number of aromatic carboxylic acids is 1. The zero-order valence-corrected chi connectivity index (χ0v) is 12.1. The number of hydrogen-bond acceptors (Lipinski definition) is 4. The van der Waals surface area contributed by atoms with E-state index in [9.17, 15) is 9.90 Å². The van der Waals surface area contributed by atoms with E-state index in [-0.39, 0.29) is 5.56 Å². The minimum Gasteiger partial charge on any atom is -0.497 e. The topological polar surface area (TPSA) is 68.9 Å². The summed E-state index contributed by atoms with van der Waals surface area (Å²) in [5, 5.41) is 9.80. The molecule has 0 aliphatic carbocycles. The minimum atomic E-state index is -1.02. The molecule has 0 spiro atoms. The number of hydrogen-bond donors (Lipinski definition) is 1. The van der Waals surface area contributed by atoms with Gasteiger partial charge < -0.3 is 19.0 Å². The highest BCUT2D eigenvalue weighted by molar-refractivity contribution is 6.03. The molecule has 5 heteroatoms. The molecule has 1 aromatic heterocycles. The first-order valence-electron chi connectivity index (χ1n) is 6.67. The number of fused-ring (bicyclic) bond motifs is 1. The van der Waals surface area contributed by atoms with Crippen LogP contribution in [0.2, 0.25) is 0 Å². The molecule has 1 heterocycles. The van der Waals surface area contributed by atoms with Gasteiger partial charge in [-0.25, -0.2) is 4.79 Å². The molecule has 0 fully saturated rings. The van der Waals surface area contributed by atoms with Crippen molar-refractivity contribution in [2.75, 3.05) is 7.11 Å². The van der Waals surface area contributed by atoms with Gasteiger partial charge in [0.15, 0.2) is 0 Å². The Morgan fingerprint density at radius 2 is 1.82 bits per heavy atom. The first kappa shape index (κ1) is 14.0. The lowest BCUT2D eigenvalue weighted by Gasteiger charge is -2.07. The average molecular weight is 298 g/mol. The van der Waals surface area contributed by atoms with Gasteiger partial charge in [-0.1, -0.05) is 6.07 Å². The van der Waals surface area contributed by atoms with E-state index in [1.54, 1.807) is 44.4 Å². The molecular formula is C17H14O5. The number of carboxylic acid groups (broad SMARTS) is 1. The van der Waals surface area contributed by atoms with E-state index in [1.165, 1.54) is 0 Å². The van der Waals surface area contributed by atoms with Crippen molar-refractivity contribution in [1.29, 1.82) is 0 Å². The molecule has 0 saturated carbocycles. The van der Waals surface area contributed by atoms with Crippen LogP contribution in [0.15, 0.2) is 46.9 Å². The molecule has 0 bridgehead atoms. The Morgan fingerprint density at radius 1 is 1.09 bits per heavy atom. The van der Waals surface area contributed by atoms with Gasteiger partial charge in [0.25, 0.3) is 0 Å². The fourth-order valence-electron chi connectivity index (χ4n) is 2.33. The molecule has 5 nitrogen and oxygen atoms in total. The summed E-state index contributed by atoms with van der Waals surface area (Å²) in [4.78, 5) is 11.3. The van der Waals surface area contributed by atoms with Gasteiger partial charge in [-0.2, -0.15) is 0 Å². The zero-order chi connectivity index (χ0) is 15.7. The van der Waals surface area contributed by atoms with Crippen molar-refractivity contribution in [3.63, 3.8) is 0 Å². The second kappa shape index (κ2) is 5.44. The predicted octanol–water partition coefficient (Wildman–Crippen LogP) is 4.24. The molecule has 1 N–H and O–H groups in total. The number of carboxylic acids is 1. The fourth-order valence-corrected chi connectivity index (χ4v) is 2.33. The third-order valence-corrected chi connectivity index (χ3v) is 3.33. The predicted molar refractivity (Wildman–Crippen MR) is 81.0 cm³/mol. The monoisotopic (exact) mass is 298 g/mol. The second-order valence-electron chi connectivity index (χ2n) is 4.78. The summed E-state index contributed by atoms with van der Waals surface area (Å²) in [6.07, 6.45) is 0. The van der Waals surface area contributed by atoms with E-state index in [1.807, 2.05) is 12.1 Å². The molecule has 3 rings (SSSR count). The van der Waals surface area contributed by atoms with Crippen molar-refractivity contribution >= 4 is 16.9 Å². The molecule has 112 valence electrons. The van der Waals surface area contributed by atoms with Crippen LogP contribution in [0, 0.1) is 6.92 Å². The van der Waals surface area contributed by atoms with Gasteiger partial charge in [0, 0.05) is 11.5 Å². The highest BCUT2D eigenvalue weighted by Crippen LogP contribution is 2.32. The molecule has 0 saturated heterocycles. The molecule has 0 radical (unpaired) electrons. The summed E-state index contributed by atoms with van der Waals surface area (Å²) in [5.74, 6) is 1.18. The van der Waals surface area contributed by atoms with Crippen molar-refractivity contribution < 1.29 is 23.8 Å². The lowest BCUT2D eigenvalue weighted by Crippen LogP contribution is -1.96. The lowest BCUT2D eigenvalue weighted by molar-refractivity contribution is 0.0697. The Morgan fingerprint density at radius 3 is 2.55 bits per heavy atom. The van der Waals surface area contributed by atoms with Crippen LogP contribution >= 0.6 is 0 Å². The minimum absolute atomic E-state index is 0.158. The largest absolute Gasteiger partial charge is 0.497 e. The van der Waals surface area contributed by atoms with Crippen LogP contribution in [-0.4, -0.2) is 18.2 Å². The van der Waals surface area contributed by atoms with Crippen molar-refractivity contribution in [3.8, 4) is 17.2 Å². The quantitative estimate of drug-likeness (QED) is 0.780. The lowest BCUT2D eigenvalue weighted by atomic mass is 10.1. The van der Waals surface area contributed by atoms with Gasteiger partial charge in [-0.15, -0.1) is 0 Å². The van der Waals surface area contributed by atoms with E-state index in [0.29, 0.717) is 34.0 Å². The van der Waals surface area contributed by atoms with Crippen LogP contribution in [0.25, 0.3) is 11.0 Å². The molecule has 0 aliphatic heterocycles. The number of carbonyl (C=O) groups is 1. The van der Waals surface area contributed by atoms with Gasteiger partial charge in [-0.05, 0) is 37.3 Å². The molecule has 22 heavy (non-hydrogen) atoms. The standard InChI is InChI=1S/C17H14O5/c1-10-16(17(18)19)14-9-13(6-7-15(14)21-10)22-12-5-3-4-11(8-12)20-2/h3-9H,1-2H3,(H,18,19). The maximum atomic E-state index is 11.3. The highest BCUT2D eigenvalue weighted by Gasteiger charge is 2.17. The molecule has 0 unspecified atom stereocenters. The summed E-state index contributed by atoms with van der Waals surface area (Å²) in [5.41, 5.74) is 0.680. The normalized spacial score (nSPS) is 10.6. The van der Waals surface area contributed by atoms with E-state index in [0.717, 1.165) is 0 Å². The van der Waals surface area contributed by atoms with Crippen LogP contribution in [0.3, 0.4) is 0 Å². The Labute approximate surface area is 126 Å². The van der Waals surface area contributed by atoms with Crippen molar-refractivity contribution in [3.05, 3.63) is 53.8 Å². The van der Waals surface area contributed by atoms with Gasteiger partial charge in [-0.3, -0.25) is 0 Å². The van der Waals surface area contributed by atoms with Gasteiger partial charge in [0.1, 0.15) is 34.2 Å². The molecular weight excluding hydrogens is 284 g/mol. The van der Waals surface area contributed by atoms with Crippen LogP contribution in [0.5, 0.6) is 17.2 Å². The van der Waals surface area contributed by atoms with E-state index < -0.39 is 5.97 Å². The maximum absolute atomic E-state index is 11.3. The fraction of sp³-hybridized carbons (Fsp3) is 0.118. The first-order chi connectivity index (χ1) is 10.6. The number of methoxy groups -OCH3 is 1. The number of furan rings is 1. The first-order valence-corrected chi connectivity index (χ1v) is 6.67. The Hall–Kier alpha value is -2.95. The number of rotatable bonds is 4. The molecule has 0 amide bonds. The van der Waals surface area contributed by atoms with Gasteiger partial charge >= 0.3 is 5.97 Å². The Bertz CT molecular complexity index is 847. The summed E-state index contributed by atoms with van der Waals surface area (Å²) < 4.78 is 16.3. The Balaban J connectivity index is 2.01. The van der Waals surface area contributed by atoms with E-state index >= 15 is 0 Å². The van der Waals surface area contributed by atoms with Gasteiger partial charge in [0.05, 0.1) is 7.11 Å². The van der Waals surface area contributed by atoms with Crippen LogP contribution in [0.1, 0.15) is 16.1 Å². The molecule has 3 aromatic rings. The second-order valence-corrected chi connectivity index (χ2v) is 4.78. The smallest absolute Gasteiger partial charge is 0.339 e. The van der Waals surface area contributed by atoms with E-state index in [2.05, 4.69) is 0 Å². The van der Waals surface area contributed by atoms with Crippen molar-refractivity contribution in [2.24, 2.45) is 0 Å². The summed E-state index contributed by atoms with van der Waals surface area (Å²) in [6.45, 7) is 1.63. The number of ether oxygens (including phenoxy) is 2. The summed E-state index contributed by atoms with van der Waals surface area (Å²) in [7, 11) is 1.58. The molecule has 0 aliphatic rings. The molecule has 0 atom stereocenters. The summed E-state index contributed by atoms with van der Waals surface area (Å²) >= 11 is 0. The number of benzene rings is 2.